The number of rotatable bonds is 3. The van der Waals surface area contributed by atoms with E-state index in [4.69, 9.17) is 5.73 Å². The van der Waals surface area contributed by atoms with E-state index in [0.29, 0.717) is 0 Å². The highest BCUT2D eigenvalue weighted by atomic mass is 14.6. The Morgan fingerprint density at radius 3 is 2.46 bits per heavy atom. The first-order valence-electron chi connectivity index (χ1n) is 4.44. The summed E-state index contributed by atoms with van der Waals surface area (Å²) in [5.41, 5.74) is 6.76. The molecule has 0 aliphatic rings. The summed E-state index contributed by atoms with van der Waals surface area (Å²) in [6.45, 7) is 1.95. The zero-order valence-electron chi connectivity index (χ0n) is 7.85. The minimum atomic E-state index is 0.125. The van der Waals surface area contributed by atoms with Crippen molar-refractivity contribution in [3.05, 3.63) is 54.1 Å². The van der Waals surface area contributed by atoms with Gasteiger partial charge in [-0.05, 0) is 12.5 Å². The van der Waals surface area contributed by atoms with Gasteiger partial charge in [-0.2, -0.15) is 0 Å². The molecule has 13 heavy (non-hydrogen) atoms. The highest BCUT2D eigenvalue weighted by Crippen LogP contribution is 2.00. The van der Waals surface area contributed by atoms with Gasteiger partial charge in [0.25, 0.3) is 0 Å². The van der Waals surface area contributed by atoms with Crippen LogP contribution in [0.5, 0.6) is 0 Å². The molecule has 1 aromatic rings. The Balaban J connectivity index is 2.50. The van der Waals surface area contributed by atoms with Gasteiger partial charge in [-0.25, -0.2) is 0 Å². The van der Waals surface area contributed by atoms with Gasteiger partial charge in [0, 0.05) is 6.04 Å². The van der Waals surface area contributed by atoms with E-state index in [2.05, 4.69) is 18.2 Å². The Labute approximate surface area is 79.6 Å². The number of benzene rings is 1. The first kappa shape index (κ1) is 9.75. The number of hydrogen-bond acceptors (Lipinski definition) is 1. The van der Waals surface area contributed by atoms with Crippen molar-refractivity contribution in [2.45, 2.75) is 13.0 Å². The van der Waals surface area contributed by atoms with Gasteiger partial charge in [-0.1, -0.05) is 54.6 Å². The number of hydrogen-bond donors (Lipinski definition) is 1. The molecule has 0 saturated carbocycles. The first-order chi connectivity index (χ1) is 6.29. The maximum Gasteiger partial charge on any atom is 0.0197 e. The fourth-order valence-electron chi connectivity index (χ4n) is 0.970. The maximum atomic E-state index is 5.55. The van der Waals surface area contributed by atoms with Crippen LogP contribution in [0.1, 0.15) is 12.5 Å². The molecule has 0 radical (unpaired) electrons. The van der Waals surface area contributed by atoms with Gasteiger partial charge in [0.15, 0.2) is 0 Å². The van der Waals surface area contributed by atoms with Crippen LogP contribution in [0.15, 0.2) is 48.6 Å². The molecule has 0 spiro atoms. The second-order valence-corrected chi connectivity index (χ2v) is 3.01. The van der Waals surface area contributed by atoms with Gasteiger partial charge in [0.2, 0.25) is 0 Å². The Kier molecular flexibility index (Phi) is 4.00. The molecule has 2 N–H and O–H groups in total. The summed E-state index contributed by atoms with van der Waals surface area (Å²) in [5, 5.41) is 0. The zero-order valence-corrected chi connectivity index (χ0v) is 7.85. The Bertz CT molecular complexity index is 283. The lowest BCUT2D eigenvalue weighted by atomic mass is 10.2. The lowest BCUT2D eigenvalue weighted by Gasteiger charge is -1.91. The number of nitrogens with two attached hydrogens (primary N) is 1. The van der Waals surface area contributed by atoms with Crippen LogP contribution >= 0.6 is 0 Å². The lowest BCUT2D eigenvalue weighted by Crippen LogP contribution is -2.09. The predicted octanol–water partition coefficient (Wildman–Crippen LogP) is 2.60. The third kappa shape index (κ3) is 4.28. The third-order valence-corrected chi connectivity index (χ3v) is 1.61. The van der Waals surface area contributed by atoms with Crippen LogP contribution < -0.4 is 5.73 Å². The van der Waals surface area contributed by atoms with Gasteiger partial charge < -0.3 is 5.73 Å². The van der Waals surface area contributed by atoms with E-state index in [0.717, 1.165) is 0 Å². The van der Waals surface area contributed by atoms with Crippen molar-refractivity contribution < 1.29 is 0 Å². The molecule has 0 fully saturated rings. The fraction of sp³-hybridized carbons (Fsp3) is 0.167. The Hall–Kier alpha value is -1.34. The monoisotopic (exact) mass is 173 g/mol. The van der Waals surface area contributed by atoms with Crippen LogP contribution in [0.3, 0.4) is 0 Å². The van der Waals surface area contributed by atoms with Crippen molar-refractivity contribution in [1.29, 1.82) is 0 Å². The van der Waals surface area contributed by atoms with Crippen LogP contribution in [0.25, 0.3) is 6.08 Å². The van der Waals surface area contributed by atoms with Gasteiger partial charge >= 0.3 is 0 Å². The van der Waals surface area contributed by atoms with E-state index >= 15 is 0 Å². The van der Waals surface area contributed by atoms with E-state index in [1.165, 1.54) is 5.56 Å². The fourth-order valence-corrected chi connectivity index (χ4v) is 0.970. The summed E-state index contributed by atoms with van der Waals surface area (Å²) in [6.07, 6.45) is 7.98. The predicted molar refractivity (Wildman–Crippen MR) is 58.3 cm³/mol. The summed E-state index contributed by atoms with van der Waals surface area (Å²) in [7, 11) is 0. The molecule has 1 atom stereocenters. The molecule has 1 nitrogen and oxygen atoms in total. The molecule has 0 bridgehead atoms. The summed E-state index contributed by atoms with van der Waals surface area (Å²) in [5.74, 6) is 0. The number of allylic oxidation sites excluding steroid dienone is 2. The van der Waals surface area contributed by atoms with Crippen LogP contribution in [-0.2, 0) is 0 Å². The Morgan fingerprint density at radius 1 is 1.15 bits per heavy atom. The zero-order chi connectivity index (χ0) is 9.52. The molecular formula is C12H15N. The van der Waals surface area contributed by atoms with Crippen molar-refractivity contribution in [2.24, 2.45) is 5.73 Å². The summed E-state index contributed by atoms with van der Waals surface area (Å²) < 4.78 is 0. The van der Waals surface area contributed by atoms with Gasteiger partial charge in [0.1, 0.15) is 0 Å². The molecule has 0 heterocycles. The quantitative estimate of drug-likeness (QED) is 0.698. The van der Waals surface area contributed by atoms with Crippen LogP contribution in [0.4, 0.5) is 0 Å². The molecule has 1 unspecified atom stereocenters. The lowest BCUT2D eigenvalue weighted by molar-refractivity contribution is 0.926. The van der Waals surface area contributed by atoms with Crippen LogP contribution in [0.2, 0.25) is 0 Å². The second-order valence-electron chi connectivity index (χ2n) is 3.01. The van der Waals surface area contributed by atoms with Crippen molar-refractivity contribution in [1.82, 2.24) is 0 Å². The van der Waals surface area contributed by atoms with Crippen LogP contribution in [0, 0.1) is 0 Å². The molecule has 0 aliphatic heterocycles. The minimum Gasteiger partial charge on any atom is -0.325 e. The Morgan fingerprint density at radius 2 is 1.85 bits per heavy atom. The molecule has 0 aliphatic carbocycles. The van der Waals surface area contributed by atoms with Crippen LogP contribution in [-0.4, -0.2) is 6.04 Å². The average molecular weight is 173 g/mol. The molecule has 0 amide bonds. The second kappa shape index (κ2) is 5.33. The largest absolute Gasteiger partial charge is 0.325 e. The van der Waals surface area contributed by atoms with E-state index in [9.17, 15) is 0 Å². The molecule has 68 valence electrons. The highest BCUT2D eigenvalue weighted by molar-refractivity contribution is 5.50. The van der Waals surface area contributed by atoms with Gasteiger partial charge in [-0.15, -0.1) is 0 Å². The van der Waals surface area contributed by atoms with Crippen molar-refractivity contribution >= 4 is 6.08 Å². The maximum absolute atomic E-state index is 5.55. The van der Waals surface area contributed by atoms with Crippen molar-refractivity contribution in [3.8, 4) is 0 Å². The normalized spacial score (nSPS) is 14.0. The molecule has 1 rings (SSSR count). The average Bonchev–Trinajstić information content (AvgIpc) is 2.14. The summed E-state index contributed by atoms with van der Waals surface area (Å²) in [4.78, 5) is 0. The standard InChI is InChI=1S/C12H15N/c1-11(13)7-5-6-10-12-8-3-2-4-9-12/h2-11H,13H2,1H3/b7-5+,10-6+. The molecular weight excluding hydrogens is 158 g/mol. The smallest absolute Gasteiger partial charge is 0.0197 e. The molecule has 0 aromatic heterocycles. The van der Waals surface area contributed by atoms with E-state index in [1.54, 1.807) is 0 Å². The van der Waals surface area contributed by atoms with Gasteiger partial charge in [0.05, 0.1) is 0 Å². The summed E-state index contributed by atoms with van der Waals surface area (Å²) >= 11 is 0. The third-order valence-electron chi connectivity index (χ3n) is 1.61. The SMILES string of the molecule is CC(N)/C=C/C=C/c1ccccc1. The van der Waals surface area contributed by atoms with E-state index < -0.39 is 0 Å². The summed E-state index contributed by atoms with van der Waals surface area (Å²) in [6, 6.07) is 10.3. The first-order valence-corrected chi connectivity index (χ1v) is 4.44. The topological polar surface area (TPSA) is 26.0 Å². The molecule has 1 aromatic carbocycles. The van der Waals surface area contributed by atoms with Crippen molar-refractivity contribution in [2.75, 3.05) is 0 Å². The molecule has 0 saturated heterocycles. The molecule has 1 heteroatoms. The van der Waals surface area contributed by atoms with Crippen molar-refractivity contribution in [3.63, 3.8) is 0 Å². The van der Waals surface area contributed by atoms with Gasteiger partial charge in [-0.3, -0.25) is 0 Å². The van der Waals surface area contributed by atoms with E-state index in [-0.39, 0.29) is 6.04 Å². The minimum absolute atomic E-state index is 0.125. The highest BCUT2D eigenvalue weighted by Gasteiger charge is 1.81. The van der Waals surface area contributed by atoms with E-state index in [1.807, 2.05) is 43.4 Å².